The minimum Gasteiger partial charge on any atom is -0.493 e. The van der Waals surface area contributed by atoms with E-state index in [0.29, 0.717) is 41.7 Å². The van der Waals surface area contributed by atoms with Crippen molar-refractivity contribution in [1.82, 2.24) is 24.8 Å². The van der Waals surface area contributed by atoms with Gasteiger partial charge in [0.15, 0.2) is 11.5 Å². The number of carbonyl (C=O) groups excluding carboxylic acids is 1. The summed E-state index contributed by atoms with van der Waals surface area (Å²) in [6, 6.07) is 20.8. The van der Waals surface area contributed by atoms with Crippen LogP contribution >= 0.6 is 0 Å². The van der Waals surface area contributed by atoms with Crippen LogP contribution in [-0.2, 0) is 12.7 Å². The fraction of sp³-hybridized carbons (Fsp3) is 0.422. The molecular weight excluding hydrogens is 772 g/mol. The van der Waals surface area contributed by atoms with Crippen molar-refractivity contribution < 1.29 is 27.4 Å². The van der Waals surface area contributed by atoms with Gasteiger partial charge in [-0.1, -0.05) is 31.0 Å². The third-order valence-electron chi connectivity index (χ3n) is 11.2. The van der Waals surface area contributed by atoms with Crippen LogP contribution in [0.15, 0.2) is 91.4 Å². The third-order valence-corrected chi connectivity index (χ3v) is 11.2. The lowest BCUT2D eigenvalue weighted by Gasteiger charge is -2.39. The van der Waals surface area contributed by atoms with Crippen LogP contribution in [0.3, 0.4) is 0 Å². The number of amides is 2. The fourth-order valence-corrected chi connectivity index (χ4v) is 7.89. The molecule has 2 fully saturated rings. The Bertz CT molecular complexity index is 2130. The van der Waals surface area contributed by atoms with E-state index in [-0.39, 0.29) is 5.69 Å². The normalized spacial score (nSPS) is 15.5. The van der Waals surface area contributed by atoms with E-state index in [9.17, 15) is 18.0 Å². The lowest BCUT2D eigenvalue weighted by atomic mass is 9.95. The Morgan fingerprint density at radius 3 is 2.32 bits per heavy atom. The van der Waals surface area contributed by atoms with Crippen molar-refractivity contribution in [3.63, 3.8) is 0 Å². The summed E-state index contributed by atoms with van der Waals surface area (Å²) >= 11 is 0. The highest BCUT2D eigenvalue weighted by molar-refractivity contribution is 5.99. The standard InChI is InChI=1S/C45H54F3N9O3/c1-59-40-29-39-38(43(52-32-51-39)50-30-34-9-8-10-37(27-34)54-44(58)53-36-14-12-35(13-15-36)45(46,47)48)28-41(40)60-26-7-3-2-6-19-55-20-16-33(17-21-55)31-56-22-24-57(25-23-56)42-11-4-5-18-49-42/h4-5,8-15,18,27-29,32-33H,2-3,6-7,16-17,19-26,30-31H2,1H3,(H,50,51,52)(H2,53,54,58). The molecule has 15 heteroatoms. The Morgan fingerprint density at radius 2 is 1.57 bits per heavy atom. The summed E-state index contributed by atoms with van der Waals surface area (Å²) in [5, 5.41) is 9.44. The molecule has 0 aliphatic carbocycles. The maximum atomic E-state index is 12.9. The Morgan fingerprint density at radius 1 is 0.783 bits per heavy atom. The molecule has 0 spiro atoms. The SMILES string of the molecule is COc1cc2ncnc(NCc3cccc(NC(=O)Nc4ccc(C(F)(F)F)cc4)c3)c2cc1OCCCCCCN1CCC(CN2CCN(c3ccccn3)CC2)CC1. The first kappa shape index (κ1) is 42.5. The number of nitrogens with zero attached hydrogens (tertiary/aromatic N) is 6. The molecule has 7 rings (SSSR count). The predicted molar refractivity (Wildman–Crippen MR) is 230 cm³/mol. The van der Waals surface area contributed by atoms with Gasteiger partial charge in [-0.3, -0.25) is 4.90 Å². The van der Waals surface area contributed by atoms with E-state index in [1.165, 1.54) is 63.8 Å². The van der Waals surface area contributed by atoms with Crippen molar-refractivity contribution in [3.05, 3.63) is 103 Å². The fourth-order valence-electron chi connectivity index (χ4n) is 7.89. The number of hydrogen-bond acceptors (Lipinski definition) is 10. The number of alkyl halides is 3. The van der Waals surface area contributed by atoms with E-state index < -0.39 is 17.8 Å². The number of benzene rings is 3. The minimum atomic E-state index is -4.45. The maximum Gasteiger partial charge on any atom is 0.416 e. The van der Waals surface area contributed by atoms with E-state index in [1.54, 1.807) is 25.3 Å². The number of ether oxygens (including phenoxy) is 2. The molecule has 0 saturated carbocycles. The van der Waals surface area contributed by atoms with Crippen LogP contribution in [0, 0.1) is 5.92 Å². The second-order valence-corrected chi connectivity index (χ2v) is 15.5. The van der Waals surface area contributed by atoms with E-state index >= 15 is 0 Å². The van der Waals surface area contributed by atoms with Gasteiger partial charge in [-0.15, -0.1) is 0 Å². The number of carbonyl (C=O) groups is 1. The molecule has 318 valence electrons. The molecule has 0 unspecified atom stereocenters. The molecule has 2 aliphatic rings. The lowest BCUT2D eigenvalue weighted by Crippen LogP contribution is -2.49. The van der Waals surface area contributed by atoms with Gasteiger partial charge in [0.1, 0.15) is 18.0 Å². The number of urea groups is 1. The summed E-state index contributed by atoms with van der Waals surface area (Å²) in [6.45, 7) is 10.1. The van der Waals surface area contributed by atoms with Crippen molar-refractivity contribution in [2.24, 2.45) is 5.92 Å². The number of likely N-dealkylation sites (tertiary alicyclic amines) is 1. The van der Waals surface area contributed by atoms with Gasteiger partial charge in [0.2, 0.25) is 0 Å². The van der Waals surface area contributed by atoms with Crippen molar-refractivity contribution in [3.8, 4) is 11.5 Å². The van der Waals surface area contributed by atoms with Gasteiger partial charge in [0.25, 0.3) is 0 Å². The number of anilines is 4. The number of halogens is 3. The second kappa shape index (κ2) is 20.5. The highest BCUT2D eigenvalue weighted by Crippen LogP contribution is 2.35. The Balaban J connectivity index is 0.808. The van der Waals surface area contributed by atoms with Crippen LogP contribution in [0.5, 0.6) is 11.5 Å². The molecule has 2 aliphatic heterocycles. The Kier molecular flexibility index (Phi) is 14.5. The molecule has 0 atom stereocenters. The summed E-state index contributed by atoms with van der Waals surface area (Å²) in [4.78, 5) is 33.7. The van der Waals surface area contributed by atoms with Crippen LogP contribution in [0.25, 0.3) is 10.9 Å². The number of nitrogens with one attached hydrogen (secondary N) is 3. The zero-order valence-corrected chi connectivity index (χ0v) is 34.1. The van der Waals surface area contributed by atoms with Crippen LogP contribution in [-0.4, -0.2) is 96.9 Å². The molecule has 60 heavy (non-hydrogen) atoms. The lowest BCUT2D eigenvalue weighted by molar-refractivity contribution is -0.137. The number of pyridine rings is 1. The number of methoxy groups -OCH3 is 1. The zero-order chi connectivity index (χ0) is 41.7. The van der Waals surface area contributed by atoms with E-state index in [4.69, 9.17) is 9.47 Å². The first-order valence-electron chi connectivity index (χ1n) is 20.8. The van der Waals surface area contributed by atoms with E-state index in [2.05, 4.69) is 57.7 Å². The Hall–Kier alpha value is -5.67. The molecule has 3 N–H and O–H groups in total. The molecule has 0 bridgehead atoms. The number of rotatable bonds is 17. The van der Waals surface area contributed by atoms with Gasteiger partial charge in [0, 0.05) is 68.3 Å². The monoisotopic (exact) mass is 825 g/mol. The quantitative estimate of drug-likeness (QED) is 0.0786. The smallest absolute Gasteiger partial charge is 0.416 e. The maximum absolute atomic E-state index is 12.9. The van der Waals surface area contributed by atoms with Crippen LogP contribution in [0.1, 0.15) is 49.7 Å². The highest BCUT2D eigenvalue weighted by Gasteiger charge is 2.30. The number of piperazine rings is 1. The first-order chi connectivity index (χ1) is 29.2. The van der Waals surface area contributed by atoms with Gasteiger partial charge in [-0.2, -0.15) is 13.2 Å². The number of aromatic nitrogens is 3. The van der Waals surface area contributed by atoms with Crippen molar-refractivity contribution in [2.75, 3.05) is 86.9 Å². The molecule has 0 radical (unpaired) electrons. The molecule has 5 aromatic rings. The second-order valence-electron chi connectivity index (χ2n) is 15.5. The van der Waals surface area contributed by atoms with Gasteiger partial charge >= 0.3 is 12.2 Å². The van der Waals surface area contributed by atoms with Crippen molar-refractivity contribution >= 4 is 39.9 Å². The average molecular weight is 826 g/mol. The molecule has 2 amide bonds. The van der Waals surface area contributed by atoms with Gasteiger partial charge in [0.05, 0.1) is 24.8 Å². The van der Waals surface area contributed by atoms with Crippen molar-refractivity contribution in [2.45, 2.75) is 51.2 Å². The summed E-state index contributed by atoms with van der Waals surface area (Å²) < 4.78 is 50.5. The van der Waals surface area contributed by atoms with Gasteiger partial charge in [-0.25, -0.2) is 19.7 Å². The summed E-state index contributed by atoms with van der Waals surface area (Å²) in [5.74, 6) is 3.74. The largest absolute Gasteiger partial charge is 0.493 e. The predicted octanol–water partition coefficient (Wildman–Crippen LogP) is 8.78. The van der Waals surface area contributed by atoms with E-state index in [1.807, 2.05) is 30.5 Å². The average Bonchev–Trinajstić information content (AvgIpc) is 3.26. The molecule has 2 saturated heterocycles. The molecule has 4 heterocycles. The first-order valence-corrected chi connectivity index (χ1v) is 20.8. The third kappa shape index (κ3) is 12.0. The molecule has 2 aromatic heterocycles. The van der Waals surface area contributed by atoms with Crippen molar-refractivity contribution in [1.29, 1.82) is 0 Å². The molecule has 12 nitrogen and oxygen atoms in total. The topological polar surface area (TPSA) is 120 Å². The van der Waals surface area contributed by atoms with Crippen LogP contribution in [0.2, 0.25) is 0 Å². The number of fused-ring (bicyclic) bond motifs is 1. The summed E-state index contributed by atoms with van der Waals surface area (Å²) in [6.07, 6.45) is 5.89. The Labute approximate surface area is 349 Å². The van der Waals surface area contributed by atoms with Crippen LogP contribution < -0.4 is 30.3 Å². The summed E-state index contributed by atoms with van der Waals surface area (Å²) in [5.41, 5.74) is 1.54. The number of hydrogen-bond donors (Lipinski definition) is 3. The van der Waals surface area contributed by atoms with Crippen LogP contribution in [0.4, 0.5) is 41.0 Å². The van der Waals surface area contributed by atoms with Gasteiger partial charge in [-0.05, 0) is 111 Å². The number of unbranched alkanes of at least 4 members (excludes halogenated alkanes) is 3. The zero-order valence-electron chi connectivity index (χ0n) is 34.1. The van der Waals surface area contributed by atoms with Gasteiger partial charge < -0.3 is 35.2 Å². The van der Waals surface area contributed by atoms with E-state index in [0.717, 1.165) is 80.4 Å². The molecular formula is C45H54F3N9O3. The number of piperidine rings is 1. The highest BCUT2D eigenvalue weighted by atomic mass is 19.4. The summed E-state index contributed by atoms with van der Waals surface area (Å²) in [7, 11) is 1.62. The molecule has 3 aromatic carbocycles. The minimum absolute atomic E-state index is 0.241.